The van der Waals surface area contributed by atoms with Crippen molar-refractivity contribution in [3.05, 3.63) is 0 Å². The largest absolute Gasteiger partial charge is 0.870 e. The normalized spacial score (nSPS) is 14.3. The third kappa shape index (κ3) is 13.4. The number of amidine groups is 1. The predicted molar refractivity (Wildman–Crippen MR) is 111 cm³/mol. The van der Waals surface area contributed by atoms with Crippen molar-refractivity contribution in [1.29, 1.82) is 0 Å². The molecule has 9 heteroatoms. The Morgan fingerprint density at radius 2 is 1.33 bits per heavy atom. The van der Waals surface area contributed by atoms with Gasteiger partial charge >= 0.3 is 71.1 Å². The fraction of sp³-hybridized carbons (Fsp3) is 0.833. The van der Waals surface area contributed by atoms with E-state index in [1.54, 1.807) is 0 Å². The minimum Gasteiger partial charge on any atom is -0.870 e. The van der Waals surface area contributed by atoms with Crippen LogP contribution in [-0.4, -0.2) is 123 Å². The maximum atomic E-state index is 11.1. The number of aliphatic carboxylic acids is 2. The van der Waals surface area contributed by atoms with Crippen molar-refractivity contribution in [3.63, 3.8) is 0 Å². The van der Waals surface area contributed by atoms with Crippen LogP contribution >= 0.6 is 0 Å². The second-order valence-corrected chi connectivity index (χ2v) is 6.85. The van der Waals surface area contributed by atoms with Crippen molar-refractivity contribution in [2.24, 2.45) is 4.99 Å². The van der Waals surface area contributed by atoms with Crippen molar-refractivity contribution in [2.45, 2.75) is 71.1 Å². The molecule has 1 heterocycles. The van der Waals surface area contributed by atoms with Gasteiger partial charge in [-0.2, -0.15) is 0 Å². The summed E-state index contributed by atoms with van der Waals surface area (Å²) in [4.78, 5) is 26.7. The van der Waals surface area contributed by atoms with Crippen LogP contribution in [0.25, 0.3) is 0 Å². The summed E-state index contributed by atoms with van der Waals surface area (Å²) in [5, 5.41) is 18.3. The third-order valence-electron chi connectivity index (χ3n) is 4.75. The quantitative estimate of drug-likeness (QED) is 0.259. The van der Waals surface area contributed by atoms with Gasteiger partial charge in [0.2, 0.25) is 0 Å². The van der Waals surface area contributed by atoms with E-state index in [4.69, 9.17) is 10.2 Å². The first kappa shape index (κ1) is 32.2. The molecule has 0 aromatic carbocycles. The molecular weight excluding hydrogens is 370 g/mol. The molecule has 0 bridgehead atoms. The number of aliphatic imine (C=N–C) groups is 1. The molecule has 0 aliphatic carbocycles. The van der Waals surface area contributed by atoms with Crippen LogP contribution in [0.4, 0.5) is 0 Å². The molecule has 0 amide bonds. The fourth-order valence-corrected chi connectivity index (χ4v) is 3.47. The SMILES string of the molecule is CCCCCCCCCCCC1=NCC[N+]1(CC(=O)O)CC(=O)O.[NaH].[NaH].[OH-]. The molecule has 27 heavy (non-hydrogen) atoms. The Hall–Kier alpha value is 0.530. The van der Waals surface area contributed by atoms with E-state index >= 15 is 0 Å². The molecule has 1 aliphatic rings. The zero-order chi connectivity index (χ0) is 17.8. The molecule has 3 N–H and O–H groups in total. The van der Waals surface area contributed by atoms with Gasteiger partial charge in [-0.05, 0) is 6.42 Å². The zero-order valence-corrected chi connectivity index (χ0v) is 15.5. The van der Waals surface area contributed by atoms with E-state index in [9.17, 15) is 9.59 Å². The first-order valence-electron chi connectivity index (χ1n) is 9.34. The van der Waals surface area contributed by atoms with E-state index in [0.717, 1.165) is 25.1 Å². The first-order chi connectivity index (χ1) is 11.5. The Bertz CT molecular complexity index is 431. The molecule has 0 spiro atoms. The third-order valence-corrected chi connectivity index (χ3v) is 4.75. The summed E-state index contributed by atoms with van der Waals surface area (Å²) >= 11 is 0. The molecule has 0 radical (unpaired) electrons. The van der Waals surface area contributed by atoms with Crippen molar-refractivity contribution in [1.82, 2.24) is 0 Å². The second kappa shape index (κ2) is 18.6. The van der Waals surface area contributed by atoms with Crippen molar-refractivity contribution < 1.29 is 29.8 Å². The number of nitrogens with zero attached hydrogens (tertiary/aromatic N) is 2. The van der Waals surface area contributed by atoms with Gasteiger partial charge < -0.3 is 15.7 Å². The van der Waals surface area contributed by atoms with Gasteiger partial charge in [0, 0.05) is 6.42 Å². The molecule has 1 aliphatic heterocycles. The molecule has 0 fully saturated rings. The van der Waals surface area contributed by atoms with Crippen LogP contribution in [0.1, 0.15) is 71.1 Å². The number of carboxylic acids is 2. The van der Waals surface area contributed by atoms with Crippen molar-refractivity contribution >= 4 is 76.9 Å². The zero-order valence-electron chi connectivity index (χ0n) is 15.5. The maximum absolute atomic E-state index is 11.1. The molecule has 7 nitrogen and oxygen atoms in total. The van der Waals surface area contributed by atoms with Crippen molar-refractivity contribution in [3.8, 4) is 0 Å². The number of carbonyl (C=O) groups is 2. The van der Waals surface area contributed by atoms with Gasteiger partial charge in [0.05, 0.1) is 6.54 Å². The Balaban J connectivity index is -0.00000192. The predicted octanol–water partition coefficient (Wildman–Crippen LogP) is 1.83. The number of quaternary nitrogens is 1. The fourth-order valence-electron chi connectivity index (χ4n) is 3.47. The van der Waals surface area contributed by atoms with Gasteiger partial charge in [-0.1, -0.05) is 58.3 Å². The van der Waals surface area contributed by atoms with E-state index in [-0.39, 0.29) is 82.2 Å². The summed E-state index contributed by atoms with van der Waals surface area (Å²) in [7, 11) is 0. The Morgan fingerprint density at radius 3 is 1.78 bits per heavy atom. The molecular formula is C18H36N2Na2O5. The van der Waals surface area contributed by atoms with Gasteiger partial charge in [0.1, 0.15) is 6.54 Å². The molecule has 1 rings (SSSR count). The van der Waals surface area contributed by atoms with Crippen molar-refractivity contribution in [2.75, 3.05) is 26.2 Å². The van der Waals surface area contributed by atoms with Gasteiger partial charge in [0.15, 0.2) is 18.9 Å². The van der Waals surface area contributed by atoms with Crippen LogP contribution in [0, 0.1) is 0 Å². The molecule has 0 atom stereocenters. The van der Waals surface area contributed by atoms with Crippen LogP contribution in [0.3, 0.4) is 0 Å². The average molecular weight is 406 g/mol. The summed E-state index contributed by atoms with van der Waals surface area (Å²) in [6, 6.07) is 0. The Kier molecular flexibility index (Phi) is 22.1. The monoisotopic (exact) mass is 406 g/mol. The molecule has 0 saturated heterocycles. The Morgan fingerprint density at radius 1 is 0.889 bits per heavy atom. The number of carboxylic acid groups (broad SMARTS) is 2. The maximum Gasteiger partial charge on any atom is -0.870 e. The number of hydrogen-bond acceptors (Lipinski definition) is 4. The summed E-state index contributed by atoms with van der Waals surface area (Å²) < 4.78 is 0.00167. The number of hydrogen-bond donors (Lipinski definition) is 2. The summed E-state index contributed by atoms with van der Waals surface area (Å²) in [5.41, 5.74) is 0. The topological polar surface area (TPSA) is 117 Å². The summed E-state index contributed by atoms with van der Waals surface area (Å²) in [6.07, 6.45) is 11.8. The van der Waals surface area contributed by atoms with Gasteiger partial charge in [-0.15, -0.1) is 0 Å². The molecule has 0 saturated carbocycles. The average Bonchev–Trinajstić information content (AvgIpc) is 2.86. The summed E-state index contributed by atoms with van der Waals surface area (Å²) in [6.45, 7) is 2.89. The van der Waals surface area contributed by atoms with Crippen LogP contribution in [-0.2, 0) is 9.59 Å². The minimum atomic E-state index is -0.960. The van der Waals surface area contributed by atoms with E-state index in [2.05, 4.69) is 11.9 Å². The Labute approximate surface area is 207 Å². The molecule has 0 aromatic rings. The smallest absolute Gasteiger partial charge is 0.870 e. The van der Waals surface area contributed by atoms with Gasteiger partial charge in [-0.3, -0.25) is 4.48 Å². The van der Waals surface area contributed by atoms with Crippen LogP contribution < -0.4 is 0 Å². The second-order valence-electron chi connectivity index (χ2n) is 6.85. The molecule has 0 aromatic heterocycles. The van der Waals surface area contributed by atoms with Crippen LogP contribution in [0.2, 0.25) is 0 Å². The standard InChI is InChI=1S/C18H32N2O4.2Na.H2O.2H/c1-2-3-4-5-6-7-8-9-10-11-16-19-12-13-20(16,14-17(21)22)15-18(23)24;;;;;/h2-15H2,1H3,(H-,21,22,23,24);;;1H2;;. The van der Waals surface area contributed by atoms with E-state index in [1.165, 1.54) is 44.9 Å². The van der Waals surface area contributed by atoms with E-state index in [0.29, 0.717) is 13.1 Å². The minimum absolute atomic E-state index is 0. The molecule has 0 unspecified atom stereocenters. The number of unbranched alkanes of at least 4 members (excludes halogenated alkanes) is 8. The van der Waals surface area contributed by atoms with Crippen LogP contribution in [0.15, 0.2) is 4.99 Å². The number of rotatable bonds is 14. The van der Waals surface area contributed by atoms with E-state index in [1.807, 2.05) is 0 Å². The van der Waals surface area contributed by atoms with Gasteiger partial charge in [0.25, 0.3) is 0 Å². The molecule has 150 valence electrons. The van der Waals surface area contributed by atoms with E-state index < -0.39 is 11.9 Å². The summed E-state index contributed by atoms with van der Waals surface area (Å²) in [5.74, 6) is -1.15. The van der Waals surface area contributed by atoms with Gasteiger partial charge in [-0.25, -0.2) is 14.6 Å². The first-order valence-corrected chi connectivity index (χ1v) is 9.34. The van der Waals surface area contributed by atoms with Crippen LogP contribution in [0.5, 0.6) is 0 Å².